The number of methoxy groups -OCH3 is 1. The van der Waals surface area contributed by atoms with Crippen molar-refractivity contribution in [2.75, 3.05) is 7.11 Å². The van der Waals surface area contributed by atoms with Crippen LogP contribution >= 0.6 is 23.2 Å². The van der Waals surface area contributed by atoms with Crippen LogP contribution in [-0.4, -0.2) is 22.5 Å². The Labute approximate surface area is 67.1 Å². The van der Waals surface area contributed by atoms with E-state index in [1.54, 1.807) is 0 Å². The zero-order valence-electron chi connectivity index (χ0n) is 5.01. The molecule has 0 aromatic carbocycles. The molecule has 0 saturated carbocycles. The smallest absolute Gasteiger partial charge is 0.257 e. The van der Waals surface area contributed by atoms with Gasteiger partial charge in [-0.3, -0.25) is 0 Å². The molecule has 0 aliphatic carbocycles. The van der Waals surface area contributed by atoms with Crippen LogP contribution in [0.15, 0.2) is 0 Å². The number of hydrogen-bond acceptors (Lipinski definition) is 4. The van der Waals surface area contributed by atoms with E-state index < -0.39 is 0 Å². The van der Waals surface area contributed by atoms with Crippen molar-refractivity contribution in [2.24, 2.45) is 0 Å². The zero-order valence-corrected chi connectivity index (χ0v) is 6.52. The van der Waals surface area contributed by atoms with Gasteiger partial charge < -0.3 is 4.74 Å². The Bertz CT molecular complexity index is 242. The van der Waals surface area contributed by atoms with Crippen molar-refractivity contribution in [3.05, 3.63) is 10.2 Å². The average molecular weight is 180 g/mol. The van der Waals surface area contributed by atoms with Gasteiger partial charge in [0.2, 0.25) is 0 Å². The van der Waals surface area contributed by atoms with Gasteiger partial charge in [0.25, 0.3) is 5.88 Å². The Morgan fingerprint density at radius 2 is 2.00 bits per heavy atom. The van der Waals surface area contributed by atoms with E-state index in [1.807, 2.05) is 0 Å². The van der Waals surface area contributed by atoms with Crippen molar-refractivity contribution in [1.82, 2.24) is 15.4 Å². The first-order chi connectivity index (χ1) is 4.75. The number of halogens is 2. The Morgan fingerprint density at radius 3 is 2.50 bits per heavy atom. The van der Waals surface area contributed by atoms with Crippen LogP contribution in [0.25, 0.3) is 0 Å². The van der Waals surface area contributed by atoms with Crippen LogP contribution < -0.4 is 4.74 Å². The van der Waals surface area contributed by atoms with E-state index in [1.165, 1.54) is 7.11 Å². The van der Waals surface area contributed by atoms with Crippen LogP contribution in [0.1, 0.15) is 0 Å². The number of ether oxygens (including phenoxy) is 1. The Morgan fingerprint density at radius 1 is 1.30 bits per heavy atom. The fourth-order valence-corrected chi connectivity index (χ4v) is 0.676. The maximum absolute atomic E-state index is 5.57. The minimum Gasteiger partial charge on any atom is -0.479 e. The molecule has 4 nitrogen and oxygen atoms in total. The number of nitrogens with zero attached hydrogens (tertiary/aromatic N) is 3. The van der Waals surface area contributed by atoms with Crippen LogP contribution in [0.4, 0.5) is 0 Å². The van der Waals surface area contributed by atoms with E-state index in [2.05, 4.69) is 15.4 Å². The topological polar surface area (TPSA) is 47.9 Å². The molecule has 0 aliphatic heterocycles. The molecule has 0 amide bonds. The van der Waals surface area contributed by atoms with Gasteiger partial charge in [-0.2, -0.15) is 0 Å². The number of aromatic nitrogens is 3. The second-order valence-corrected chi connectivity index (χ2v) is 2.14. The molecule has 0 saturated heterocycles. The summed E-state index contributed by atoms with van der Waals surface area (Å²) in [5, 5.41) is 10.4. The minimum absolute atomic E-state index is 0.0912. The van der Waals surface area contributed by atoms with Gasteiger partial charge in [-0.1, -0.05) is 28.3 Å². The number of rotatable bonds is 1. The molecule has 0 N–H and O–H groups in total. The van der Waals surface area contributed by atoms with E-state index in [0.717, 1.165) is 0 Å². The molecule has 1 aromatic rings. The monoisotopic (exact) mass is 179 g/mol. The second-order valence-electron chi connectivity index (χ2n) is 1.40. The van der Waals surface area contributed by atoms with Crippen molar-refractivity contribution < 1.29 is 4.74 Å². The van der Waals surface area contributed by atoms with Gasteiger partial charge in [-0.15, -0.1) is 5.10 Å². The van der Waals surface area contributed by atoms with Gasteiger partial charge in [0.15, 0.2) is 5.15 Å². The van der Waals surface area contributed by atoms with Gasteiger partial charge in [-0.05, 0) is 5.21 Å². The quantitative estimate of drug-likeness (QED) is 0.651. The maximum atomic E-state index is 5.57. The molecule has 1 heterocycles. The first kappa shape index (κ1) is 7.50. The predicted molar refractivity (Wildman–Crippen MR) is 36.4 cm³/mol. The summed E-state index contributed by atoms with van der Waals surface area (Å²) in [4.78, 5) is 0. The molecule has 0 radical (unpaired) electrons. The molecule has 0 bridgehead atoms. The molecule has 6 heteroatoms. The molecule has 0 unspecified atom stereocenters. The lowest BCUT2D eigenvalue weighted by atomic mass is 10.6. The molecule has 0 atom stereocenters. The molecule has 0 spiro atoms. The highest BCUT2D eigenvalue weighted by Crippen LogP contribution is 2.25. The van der Waals surface area contributed by atoms with E-state index in [0.29, 0.717) is 0 Å². The van der Waals surface area contributed by atoms with E-state index in [-0.39, 0.29) is 16.1 Å². The standard InChI is InChI=1S/C4H3Cl2N3O/c1-10-4-2(5)3(6)7-9-8-4/h1H3. The zero-order chi connectivity index (χ0) is 7.56. The van der Waals surface area contributed by atoms with Crippen molar-refractivity contribution >= 4 is 23.2 Å². The largest absolute Gasteiger partial charge is 0.479 e. The summed E-state index contributed by atoms with van der Waals surface area (Å²) < 4.78 is 4.70. The minimum atomic E-state index is 0.0912. The Kier molecular flexibility index (Phi) is 2.24. The summed E-state index contributed by atoms with van der Waals surface area (Å²) in [6, 6.07) is 0. The fourth-order valence-electron chi connectivity index (χ4n) is 0.409. The van der Waals surface area contributed by atoms with E-state index in [4.69, 9.17) is 27.9 Å². The lowest BCUT2D eigenvalue weighted by Gasteiger charge is -1.97. The molecule has 0 fully saturated rings. The third kappa shape index (κ3) is 1.27. The first-order valence-corrected chi connectivity index (χ1v) is 3.09. The molecular weight excluding hydrogens is 177 g/mol. The number of hydrogen-bond donors (Lipinski definition) is 0. The Hall–Kier alpha value is -0.610. The van der Waals surface area contributed by atoms with Gasteiger partial charge in [0, 0.05) is 0 Å². The lowest BCUT2D eigenvalue weighted by Crippen LogP contribution is -1.94. The molecule has 1 aromatic heterocycles. The van der Waals surface area contributed by atoms with E-state index >= 15 is 0 Å². The normalized spacial score (nSPS) is 9.50. The highest BCUT2D eigenvalue weighted by molar-refractivity contribution is 6.41. The van der Waals surface area contributed by atoms with Gasteiger partial charge in [-0.25, -0.2) is 0 Å². The summed E-state index contributed by atoms with van der Waals surface area (Å²) in [5.41, 5.74) is 0. The maximum Gasteiger partial charge on any atom is 0.257 e. The fraction of sp³-hybridized carbons (Fsp3) is 0.250. The first-order valence-electron chi connectivity index (χ1n) is 2.34. The highest BCUT2D eigenvalue weighted by atomic mass is 35.5. The molecule has 10 heavy (non-hydrogen) atoms. The van der Waals surface area contributed by atoms with E-state index in [9.17, 15) is 0 Å². The van der Waals surface area contributed by atoms with Crippen molar-refractivity contribution in [2.45, 2.75) is 0 Å². The third-order valence-corrected chi connectivity index (χ3v) is 1.53. The SMILES string of the molecule is COc1nnnc(Cl)c1Cl. The molecule has 0 aliphatic rings. The molecule has 54 valence electrons. The summed E-state index contributed by atoms with van der Waals surface area (Å²) >= 11 is 11.0. The van der Waals surface area contributed by atoms with Crippen molar-refractivity contribution in [3.63, 3.8) is 0 Å². The van der Waals surface area contributed by atoms with Crippen LogP contribution in [0.2, 0.25) is 10.2 Å². The third-order valence-electron chi connectivity index (χ3n) is 0.830. The van der Waals surface area contributed by atoms with Crippen LogP contribution in [-0.2, 0) is 0 Å². The summed E-state index contributed by atoms with van der Waals surface area (Å²) in [6.07, 6.45) is 0. The molecule has 1 rings (SSSR count). The van der Waals surface area contributed by atoms with Gasteiger partial charge >= 0.3 is 0 Å². The highest BCUT2D eigenvalue weighted by Gasteiger charge is 2.06. The van der Waals surface area contributed by atoms with Crippen LogP contribution in [0.5, 0.6) is 5.88 Å². The van der Waals surface area contributed by atoms with Gasteiger partial charge in [0.1, 0.15) is 5.02 Å². The van der Waals surface area contributed by atoms with Crippen molar-refractivity contribution in [3.8, 4) is 5.88 Å². The van der Waals surface area contributed by atoms with Crippen LogP contribution in [0.3, 0.4) is 0 Å². The summed E-state index contributed by atoms with van der Waals surface area (Å²) in [6.45, 7) is 0. The van der Waals surface area contributed by atoms with Gasteiger partial charge in [0.05, 0.1) is 7.11 Å². The van der Waals surface area contributed by atoms with Crippen LogP contribution in [0, 0.1) is 0 Å². The predicted octanol–water partition coefficient (Wildman–Crippen LogP) is 1.19. The molecular formula is C4H3Cl2N3O. The summed E-state index contributed by atoms with van der Waals surface area (Å²) in [5.74, 6) is 0.182. The Balaban J connectivity index is 3.14. The second kappa shape index (κ2) is 2.98. The lowest BCUT2D eigenvalue weighted by molar-refractivity contribution is 0.389. The average Bonchev–Trinajstić information content (AvgIpc) is 1.95. The van der Waals surface area contributed by atoms with Crippen molar-refractivity contribution in [1.29, 1.82) is 0 Å². The summed E-state index contributed by atoms with van der Waals surface area (Å²) in [7, 11) is 1.42.